The van der Waals surface area contributed by atoms with Gasteiger partial charge in [-0.25, -0.2) is 0 Å². The van der Waals surface area contributed by atoms with Crippen molar-refractivity contribution < 1.29 is 14.6 Å². The number of aliphatic hydroxyl groups is 1. The predicted molar refractivity (Wildman–Crippen MR) is 83.5 cm³/mol. The minimum absolute atomic E-state index is 0.274. The number of piperazine rings is 1. The van der Waals surface area contributed by atoms with Crippen LogP contribution >= 0.6 is 0 Å². The molecule has 0 aromatic carbocycles. The molecule has 1 unspecified atom stereocenters. The Kier molecular flexibility index (Phi) is 7.40. The van der Waals surface area contributed by atoms with E-state index < -0.39 is 0 Å². The lowest BCUT2D eigenvalue weighted by Crippen LogP contribution is -2.49. The van der Waals surface area contributed by atoms with Crippen molar-refractivity contribution >= 4 is 0 Å². The lowest BCUT2D eigenvalue weighted by atomic mass is 10.1. The largest absolute Gasteiger partial charge is 0.389 e. The van der Waals surface area contributed by atoms with Crippen LogP contribution in [0.1, 0.15) is 26.7 Å². The van der Waals surface area contributed by atoms with Gasteiger partial charge in [0.05, 0.1) is 18.8 Å². The monoisotopic (exact) mass is 300 g/mol. The molecule has 2 saturated heterocycles. The molecule has 2 rings (SSSR count). The summed E-state index contributed by atoms with van der Waals surface area (Å²) in [5.41, 5.74) is 0. The number of aliphatic hydroxyl groups excluding tert-OH is 1. The molecular weight excluding hydrogens is 268 g/mol. The van der Waals surface area contributed by atoms with Crippen LogP contribution in [0.3, 0.4) is 0 Å². The van der Waals surface area contributed by atoms with Gasteiger partial charge in [0.1, 0.15) is 0 Å². The molecule has 124 valence electrons. The maximum Gasteiger partial charge on any atom is 0.0900 e. The zero-order valence-electron chi connectivity index (χ0n) is 13.7. The first-order valence-electron chi connectivity index (χ1n) is 8.45. The highest BCUT2D eigenvalue weighted by atomic mass is 16.5. The molecule has 2 aliphatic heterocycles. The molecular formula is C16H32N2O3. The first-order chi connectivity index (χ1) is 10.1. The molecule has 0 aliphatic carbocycles. The Balaban J connectivity index is 1.57. The maximum absolute atomic E-state index is 10.1. The smallest absolute Gasteiger partial charge is 0.0900 e. The number of hydrogen-bond acceptors (Lipinski definition) is 5. The fourth-order valence-electron chi connectivity index (χ4n) is 3.11. The topological polar surface area (TPSA) is 45.2 Å². The highest BCUT2D eigenvalue weighted by Crippen LogP contribution is 2.11. The normalized spacial score (nSPS) is 24.6. The van der Waals surface area contributed by atoms with Gasteiger partial charge in [-0.1, -0.05) is 13.8 Å². The van der Waals surface area contributed by atoms with Crippen molar-refractivity contribution in [3.05, 3.63) is 0 Å². The molecule has 5 heteroatoms. The SMILES string of the molecule is CC(C)CN1CCN(CC(O)COC2CCOCC2)CC1. The third kappa shape index (κ3) is 6.61. The third-order valence-corrected chi connectivity index (χ3v) is 4.25. The second-order valence-corrected chi connectivity index (χ2v) is 6.79. The molecule has 0 saturated carbocycles. The Bertz CT molecular complexity index is 275. The summed E-state index contributed by atoms with van der Waals surface area (Å²) in [5.74, 6) is 0.731. The van der Waals surface area contributed by atoms with E-state index in [9.17, 15) is 5.11 Å². The van der Waals surface area contributed by atoms with Gasteiger partial charge in [-0.15, -0.1) is 0 Å². The lowest BCUT2D eigenvalue weighted by molar-refractivity contribution is -0.0658. The van der Waals surface area contributed by atoms with Crippen molar-refractivity contribution in [1.29, 1.82) is 0 Å². The molecule has 0 aromatic rings. The average molecular weight is 300 g/mol. The van der Waals surface area contributed by atoms with Crippen LogP contribution in [0.5, 0.6) is 0 Å². The minimum Gasteiger partial charge on any atom is -0.389 e. The van der Waals surface area contributed by atoms with Gasteiger partial charge < -0.3 is 19.5 Å². The summed E-state index contributed by atoms with van der Waals surface area (Å²) in [4.78, 5) is 4.88. The fourth-order valence-corrected chi connectivity index (χ4v) is 3.11. The van der Waals surface area contributed by atoms with E-state index in [1.54, 1.807) is 0 Å². The van der Waals surface area contributed by atoms with E-state index in [-0.39, 0.29) is 12.2 Å². The zero-order chi connectivity index (χ0) is 15.1. The molecule has 1 atom stereocenters. The molecule has 2 heterocycles. The molecule has 2 aliphatic rings. The van der Waals surface area contributed by atoms with Crippen LogP contribution in [-0.4, -0.2) is 86.2 Å². The van der Waals surface area contributed by atoms with Gasteiger partial charge in [-0.05, 0) is 18.8 Å². The standard InChI is InChI=1S/C16H32N2O3/c1-14(2)11-17-5-7-18(8-6-17)12-15(19)13-21-16-3-9-20-10-4-16/h14-16,19H,3-13H2,1-2H3. The van der Waals surface area contributed by atoms with Gasteiger partial charge in [0.2, 0.25) is 0 Å². The van der Waals surface area contributed by atoms with Crippen LogP contribution in [0.2, 0.25) is 0 Å². The minimum atomic E-state index is -0.371. The Morgan fingerprint density at radius 2 is 1.62 bits per heavy atom. The van der Waals surface area contributed by atoms with Gasteiger partial charge in [0, 0.05) is 52.5 Å². The number of rotatable bonds is 7. The van der Waals surface area contributed by atoms with Crippen LogP contribution in [0.15, 0.2) is 0 Å². The summed E-state index contributed by atoms with van der Waals surface area (Å²) in [6.45, 7) is 12.8. The summed E-state index contributed by atoms with van der Waals surface area (Å²) >= 11 is 0. The van der Waals surface area contributed by atoms with E-state index in [0.29, 0.717) is 6.61 Å². The van der Waals surface area contributed by atoms with E-state index in [2.05, 4.69) is 23.6 Å². The number of ether oxygens (including phenoxy) is 2. The highest BCUT2D eigenvalue weighted by Gasteiger charge is 2.21. The summed E-state index contributed by atoms with van der Waals surface area (Å²) in [7, 11) is 0. The van der Waals surface area contributed by atoms with E-state index in [1.807, 2.05) is 0 Å². The molecule has 2 fully saturated rings. The summed E-state index contributed by atoms with van der Waals surface area (Å²) in [6, 6.07) is 0. The summed E-state index contributed by atoms with van der Waals surface area (Å²) < 4.78 is 11.1. The Morgan fingerprint density at radius 1 is 1.05 bits per heavy atom. The quantitative estimate of drug-likeness (QED) is 0.754. The van der Waals surface area contributed by atoms with Crippen LogP contribution in [0.4, 0.5) is 0 Å². The van der Waals surface area contributed by atoms with E-state index in [1.165, 1.54) is 6.54 Å². The van der Waals surface area contributed by atoms with Crippen LogP contribution in [0, 0.1) is 5.92 Å². The van der Waals surface area contributed by atoms with Gasteiger partial charge in [-0.3, -0.25) is 4.90 Å². The molecule has 21 heavy (non-hydrogen) atoms. The second kappa shape index (κ2) is 9.06. The number of nitrogens with zero attached hydrogens (tertiary/aromatic N) is 2. The molecule has 0 spiro atoms. The Labute approximate surface area is 129 Å². The number of hydrogen-bond donors (Lipinski definition) is 1. The van der Waals surface area contributed by atoms with Crippen molar-refractivity contribution in [2.45, 2.75) is 38.9 Å². The second-order valence-electron chi connectivity index (χ2n) is 6.79. The zero-order valence-corrected chi connectivity index (χ0v) is 13.7. The molecule has 1 N–H and O–H groups in total. The Morgan fingerprint density at radius 3 is 2.19 bits per heavy atom. The summed E-state index contributed by atoms with van der Waals surface area (Å²) in [6.07, 6.45) is 1.82. The van der Waals surface area contributed by atoms with E-state index in [4.69, 9.17) is 9.47 Å². The van der Waals surface area contributed by atoms with E-state index in [0.717, 1.165) is 64.7 Å². The van der Waals surface area contributed by atoms with Crippen LogP contribution in [-0.2, 0) is 9.47 Å². The first kappa shape index (κ1) is 17.2. The average Bonchev–Trinajstić information content (AvgIpc) is 2.48. The molecule has 0 radical (unpaired) electrons. The van der Waals surface area contributed by atoms with Crippen LogP contribution in [0.25, 0.3) is 0 Å². The van der Waals surface area contributed by atoms with Gasteiger partial charge in [0.15, 0.2) is 0 Å². The first-order valence-corrected chi connectivity index (χ1v) is 8.45. The Hall–Kier alpha value is -0.200. The maximum atomic E-state index is 10.1. The van der Waals surface area contributed by atoms with Crippen LogP contribution < -0.4 is 0 Å². The van der Waals surface area contributed by atoms with Crippen molar-refractivity contribution in [3.8, 4) is 0 Å². The van der Waals surface area contributed by atoms with Crippen molar-refractivity contribution in [1.82, 2.24) is 9.80 Å². The fraction of sp³-hybridized carbons (Fsp3) is 1.00. The van der Waals surface area contributed by atoms with Gasteiger partial charge >= 0.3 is 0 Å². The molecule has 0 bridgehead atoms. The van der Waals surface area contributed by atoms with E-state index >= 15 is 0 Å². The molecule has 0 aromatic heterocycles. The highest BCUT2D eigenvalue weighted by molar-refractivity contribution is 4.75. The predicted octanol–water partition coefficient (Wildman–Crippen LogP) is 0.817. The third-order valence-electron chi connectivity index (χ3n) is 4.25. The number of β-amino-alcohol motifs (C(OH)–C–C–N with tert-alkyl or cyclic N) is 1. The van der Waals surface area contributed by atoms with Crippen molar-refractivity contribution in [3.63, 3.8) is 0 Å². The lowest BCUT2D eigenvalue weighted by Gasteiger charge is -2.36. The molecule has 0 amide bonds. The van der Waals surface area contributed by atoms with Crippen molar-refractivity contribution in [2.24, 2.45) is 5.92 Å². The van der Waals surface area contributed by atoms with Gasteiger partial charge in [-0.2, -0.15) is 0 Å². The van der Waals surface area contributed by atoms with Crippen molar-refractivity contribution in [2.75, 3.05) is 59.1 Å². The molecule has 5 nitrogen and oxygen atoms in total. The summed E-state index contributed by atoms with van der Waals surface area (Å²) in [5, 5.41) is 10.1. The van der Waals surface area contributed by atoms with Gasteiger partial charge in [0.25, 0.3) is 0 Å².